The fourth-order valence-corrected chi connectivity index (χ4v) is 2.16. The van der Waals surface area contributed by atoms with Gasteiger partial charge in [0.2, 0.25) is 0 Å². The number of nitrogens with one attached hydrogen (secondary N) is 1. The molecule has 0 saturated carbocycles. The van der Waals surface area contributed by atoms with Crippen molar-refractivity contribution in [1.82, 2.24) is 20.2 Å². The van der Waals surface area contributed by atoms with E-state index in [-0.39, 0.29) is 22.3 Å². The van der Waals surface area contributed by atoms with E-state index in [1.165, 1.54) is 24.0 Å². The number of hydrogen-bond donors (Lipinski definition) is 1. The summed E-state index contributed by atoms with van der Waals surface area (Å²) < 4.78 is 5.11. The van der Waals surface area contributed by atoms with Crippen molar-refractivity contribution in [3.8, 4) is 5.75 Å². The first-order valence-electron chi connectivity index (χ1n) is 5.78. The van der Waals surface area contributed by atoms with Crippen molar-refractivity contribution in [1.29, 1.82) is 0 Å². The number of nitrogens with zero attached hydrogens (tertiary/aromatic N) is 4. The van der Waals surface area contributed by atoms with Crippen molar-refractivity contribution in [2.75, 3.05) is 12.4 Å². The number of anilines is 1. The summed E-state index contributed by atoms with van der Waals surface area (Å²) in [6, 6.07) is 2.92. The Morgan fingerprint density at radius 3 is 2.95 bits per heavy atom. The Balaban J connectivity index is 2.25. The van der Waals surface area contributed by atoms with Gasteiger partial charge < -0.3 is 4.74 Å². The highest BCUT2D eigenvalue weighted by atomic mass is 35.5. The number of carbonyl (C=O) groups is 1. The molecule has 1 amide bonds. The number of ether oxygens (including phenoxy) is 1. The van der Waals surface area contributed by atoms with E-state index in [4.69, 9.17) is 27.9 Å². The summed E-state index contributed by atoms with van der Waals surface area (Å²) in [5, 5.41) is 14.4. The average molecular weight is 328 g/mol. The van der Waals surface area contributed by atoms with Gasteiger partial charge in [0.1, 0.15) is 5.75 Å². The SMILES string of the molecule is C=CCn1nnc(NC(=O)c2cc(Cl)cc(Cl)c2OC)n1. The van der Waals surface area contributed by atoms with Gasteiger partial charge in [0, 0.05) is 5.02 Å². The number of amides is 1. The van der Waals surface area contributed by atoms with E-state index in [0.29, 0.717) is 11.6 Å². The van der Waals surface area contributed by atoms with Crippen LogP contribution in [0.2, 0.25) is 10.0 Å². The quantitative estimate of drug-likeness (QED) is 0.853. The lowest BCUT2D eigenvalue weighted by Gasteiger charge is -2.09. The molecule has 2 aromatic rings. The Bertz CT molecular complexity index is 686. The third-order valence-corrected chi connectivity index (χ3v) is 2.93. The van der Waals surface area contributed by atoms with Gasteiger partial charge in [-0.15, -0.1) is 11.7 Å². The topological polar surface area (TPSA) is 81.9 Å². The minimum Gasteiger partial charge on any atom is -0.494 e. The zero-order valence-electron chi connectivity index (χ0n) is 11.0. The predicted molar refractivity (Wildman–Crippen MR) is 79.0 cm³/mol. The lowest BCUT2D eigenvalue weighted by molar-refractivity contribution is 0.102. The van der Waals surface area contributed by atoms with Crippen LogP contribution >= 0.6 is 23.2 Å². The van der Waals surface area contributed by atoms with Crippen LogP contribution in [-0.4, -0.2) is 33.2 Å². The first kappa shape index (κ1) is 15.3. The van der Waals surface area contributed by atoms with Gasteiger partial charge in [0.05, 0.1) is 24.2 Å². The summed E-state index contributed by atoms with van der Waals surface area (Å²) in [5.74, 6) is -0.230. The highest BCUT2D eigenvalue weighted by Crippen LogP contribution is 2.32. The van der Waals surface area contributed by atoms with Crippen molar-refractivity contribution in [2.24, 2.45) is 0 Å². The zero-order valence-corrected chi connectivity index (χ0v) is 12.5. The summed E-state index contributed by atoms with van der Waals surface area (Å²) in [7, 11) is 1.41. The van der Waals surface area contributed by atoms with Crippen LogP contribution in [0.4, 0.5) is 5.95 Å². The molecule has 0 atom stereocenters. The minimum absolute atomic E-state index is 0.0556. The van der Waals surface area contributed by atoms with Gasteiger partial charge in [-0.25, -0.2) is 0 Å². The van der Waals surface area contributed by atoms with Crippen LogP contribution in [-0.2, 0) is 6.54 Å². The summed E-state index contributed by atoms with van der Waals surface area (Å²) in [4.78, 5) is 13.5. The molecule has 21 heavy (non-hydrogen) atoms. The Kier molecular flexibility index (Phi) is 4.77. The van der Waals surface area contributed by atoms with Crippen LogP contribution in [0.25, 0.3) is 0 Å². The number of tetrazole rings is 1. The second kappa shape index (κ2) is 6.55. The number of aromatic nitrogens is 4. The second-order valence-electron chi connectivity index (χ2n) is 3.88. The first-order valence-corrected chi connectivity index (χ1v) is 6.54. The third-order valence-electron chi connectivity index (χ3n) is 2.43. The molecular formula is C12H11Cl2N5O2. The van der Waals surface area contributed by atoms with Crippen LogP contribution < -0.4 is 10.1 Å². The van der Waals surface area contributed by atoms with Crippen molar-refractivity contribution in [2.45, 2.75) is 6.54 Å². The summed E-state index contributed by atoms with van der Waals surface area (Å²) in [6.45, 7) is 3.94. The molecule has 1 aromatic heterocycles. The third kappa shape index (κ3) is 3.50. The van der Waals surface area contributed by atoms with E-state index in [2.05, 4.69) is 27.3 Å². The lowest BCUT2D eigenvalue weighted by Crippen LogP contribution is -2.15. The van der Waals surface area contributed by atoms with Gasteiger partial charge in [-0.05, 0) is 17.3 Å². The maximum absolute atomic E-state index is 12.2. The normalized spacial score (nSPS) is 10.2. The fraction of sp³-hybridized carbons (Fsp3) is 0.167. The number of rotatable bonds is 5. The number of halogens is 2. The van der Waals surface area contributed by atoms with Gasteiger partial charge >= 0.3 is 0 Å². The van der Waals surface area contributed by atoms with Crippen LogP contribution in [0.3, 0.4) is 0 Å². The molecule has 110 valence electrons. The molecule has 9 heteroatoms. The Labute approximate surface area is 130 Å². The molecule has 0 aliphatic heterocycles. The summed E-state index contributed by atoms with van der Waals surface area (Å²) in [5.41, 5.74) is 0.176. The Morgan fingerprint density at radius 1 is 1.52 bits per heavy atom. The molecule has 0 radical (unpaired) electrons. The Morgan fingerprint density at radius 2 is 2.29 bits per heavy atom. The molecule has 0 unspecified atom stereocenters. The number of carbonyl (C=O) groups excluding carboxylic acids is 1. The highest BCUT2D eigenvalue weighted by molar-refractivity contribution is 6.36. The van der Waals surface area contributed by atoms with E-state index in [1.54, 1.807) is 6.08 Å². The molecule has 0 aliphatic rings. The van der Waals surface area contributed by atoms with E-state index >= 15 is 0 Å². The molecule has 0 bridgehead atoms. The molecule has 7 nitrogen and oxygen atoms in total. The van der Waals surface area contributed by atoms with Gasteiger partial charge in [0.15, 0.2) is 0 Å². The summed E-state index contributed by atoms with van der Waals surface area (Å²) >= 11 is 11.9. The maximum atomic E-state index is 12.2. The van der Waals surface area contributed by atoms with Crippen molar-refractivity contribution < 1.29 is 9.53 Å². The largest absolute Gasteiger partial charge is 0.494 e. The molecule has 0 aliphatic carbocycles. The monoisotopic (exact) mass is 327 g/mol. The highest BCUT2D eigenvalue weighted by Gasteiger charge is 2.18. The molecule has 1 aromatic carbocycles. The van der Waals surface area contributed by atoms with Crippen LogP contribution in [0, 0.1) is 0 Å². The van der Waals surface area contributed by atoms with Crippen LogP contribution in [0.1, 0.15) is 10.4 Å². The van der Waals surface area contributed by atoms with E-state index in [9.17, 15) is 4.79 Å². The number of allylic oxidation sites excluding steroid dienone is 1. The molecule has 0 saturated heterocycles. The van der Waals surface area contributed by atoms with Crippen molar-refractivity contribution >= 4 is 35.1 Å². The van der Waals surface area contributed by atoms with Crippen molar-refractivity contribution in [3.05, 3.63) is 40.4 Å². The van der Waals surface area contributed by atoms with Crippen molar-refractivity contribution in [3.63, 3.8) is 0 Å². The lowest BCUT2D eigenvalue weighted by atomic mass is 10.2. The van der Waals surface area contributed by atoms with E-state index in [0.717, 1.165) is 0 Å². The molecule has 1 N–H and O–H groups in total. The second-order valence-corrected chi connectivity index (χ2v) is 4.72. The molecule has 2 rings (SSSR count). The standard InChI is InChI=1S/C12H11Cl2N5O2/c1-3-4-19-17-12(16-18-19)15-11(20)8-5-7(13)6-9(14)10(8)21-2/h3,5-6H,1,4H2,2H3,(H,15,17,20). The van der Waals surface area contributed by atoms with Gasteiger partial charge in [-0.2, -0.15) is 4.80 Å². The molecule has 0 fully saturated rings. The average Bonchev–Trinajstić information content (AvgIpc) is 2.85. The number of benzene rings is 1. The predicted octanol–water partition coefficient (Wildman–Crippen LogP) is 2.43. The molecule has 0 spiro atoms. The maximum Gasteiger partial charge on any atom is 0.270 e. The molecule has 1 heterocycles. The molecular weight excluding hydrogens is 317 g/mol. The fourth-order valence-electron chi connectivity index (χ4n) is 1.59. The van der Waals surface area contributed by atoms with Crippen LogP contribution in [0.15, 0.2) is 24.8 Å². The van der Waals surface area contributed by atoms with Gasteiger partial charge in [0.25, 0.3) is 11.9 Å². The summed E-state index contributed by atoms with van der Waals surface area (Å²) in [6.07, 6.45) is 1.60. The number of hydrogen-bond acceptors (Lipinski definition) is 5. The minimum atomic E-state index is -0.505. The van der Waals surface area contributed by atoms with Gasteiger partial charge in [-0.3, -0.25) is 10.1 Å². The van der Waals surface area contributed by atoms with Gasteiger partial charge in [-0.1, -0.05) is 34.4 Å². The van der Waals surface area contributed by atoms with E-state index < -0.39 is 5.91 Å². The first-order chi connectivity index (χ1) is 10.0. The van der Waals surface area contributed by atoms with E-state index in [1.807, 2.05) is 0 Å². The van der Waals surface area contributed by atoms with Crippen LogP contribution in [0.5, 0.6) is 5.75 Å². The Hall–Kier alpha value is -2.12. The smallest absolute Gasteiger partial charge is 0.270 e. The number of methoxy groups -OCH3 is 1. The zero-order chi connectivity index (χ0) is 15.4.